The summed E-state index contributed by atoms with van der Waals surface area (Å²) in [6.45, 7) is 6.60. The summed E-state index contributed by atoms with van der Waals surface area (Å²) in [5, 5.41) is 0. The summed E-state index contributed by atoms with van der Waals surface area (Å²) in [5.74, 6) is 2.32. The van der Waals surface area contributed by atoms with Crippen LogP contribution in [-0.4, -0.2) is 16.3 Å². The van der Waals surface area contributed by atoms with E-state index in [4.69, 9.17) is 0 Å². The molecule has 0 aromatic carbocycles. The van der Waals surface area contributed by atoms with Crippen molar-refractivity contribution in [2.45, 2.75) is 70.5 Å². The van der Waals surface area contributed by atoms with Crippen molar-refractivity contribution in [1.82, 2.24) is 0 Å². The molecule has 0 spiro atoms. The molecule has 0 amide bonds. The third kappa shape index (κ3) is 3.80. The minimum atomic E-state index is -0.0420. The highest BCUT2D eigenvalue weighted by molar-refractivity contribution is 8.01. The van der Waals surface area contributed by atoms with E-state index < -0.39 is 0 Å². The first-order valence-corrected chi connectivity index (χ1v) is 7.78. The lowest BCUT2D eigenvalue weighted by atomic mass is 9.88. The molecule has 0 aromatic heterocycles. The third-order valence-electron chi connectivity index (χ3n) is 3.83. The van der Waals surface area contributed by atoms with Gasteiger partial charge >= 0.3 is 0 Å². The second-order valence-corrected chi connectivity index (χ2v) is 6.82. The Labute approximate surface area is 105 Å². The Hall–Kier alpha value is 0.0200. The minimum Gasteiger partial charge on any atom is -0.298 e. The van der Waals surface area contributed by atoms with Gasteiger partial charge in [0, 0.05) is 6.42 Å². The molecule has 0 radical (unpaired) electrons. The number of hydrogen-bond donors (Lipinski definition) is 0. The van der Waals surface area contributed by atoms with Crippen molar-refractivity contribution in [2.24, 2.45) is 5.92 Å². The van der Waals surface area contributed by atoms with Gasteiger partial charge in [-0.05, 0) is 31.4 Å². The molecule has 0 saturated carbocycles. The third-order valence-corrected chi connectivity index (χ3v) is 5.39. The van der Waals surface area contributed by atoms with E-state index in [2.05, 4.69) is 20.8 Å². The van der Waals surface area contributed by atoms with E-state index in [1.807, 2.05) is 11.8 Å². The Bertz CT molecular complexity index is 219. The van der Waals surface area contributed by atoms with Crippen molar-refractivity contribution in [3.8, 4) is 0 Å². The van der Waals surface area contributed by atoms with Gasteiger partial charge in [-0.1, -0.05) is 39.5 Å². The van der Waals surface area contributed by atoms with Crippen LogP contribution in [0.1, 0.15) is 65.7 Å². The van der Waals surface area contributed by atoms with Gasteiger partial charge in [-0.3, -0.25) is 4.79 Å². The minimum absolute atomic E-state index is 0.0420. The van der Waals surface area contributed by atoms with Crippen LogP contribution < -0.4 is 0 Å². The van der Waals surface area contributed by atoms with Crippen molar-refractivity contribution in [3.63, 3.8) is 0 Å². The molecule has 1 rings (SSSR count). The first-order chi connectivity index (χ1) is 7.62. The maximum Gasteiger partial charge on any atom is 0.148 e. The Kier molecular flexibility index (Phi) is 5.88. The number of ketones is 1. The molecule has 0 aliphatic carbocycles. The second-order valence-electron chi connectivity index (χ2n) is 5.23. The topological polar surface area (TPSA) is 17.1 Å². The molecule has 16 heavy (non-hydrogen) atoms. The molecule has 94 valence electrons. The van der Waals surface area contributed by atoms with E-state index in [9.17, 15) is 4.79 Å². The normalized spacial score (nSPS) is 26.9. The quantitative estimate of drug-likeness (QED) is 0.656. The summed E-state index contributed by atoms with van der Waals surface area (Å²) in [4.78, 5) is 12.3. The molecule has 1 saturated heterocycles. The molecule has 1 aliphatic rings. The summed E-state index contributed by atoms with van der Waals surface area (Å²) in [7, 11) is 0. The van der Waals surface area contributed by atoms with E-state index in [-0.39, 0.29) is 4.75 Å². The summed E-state index contributed by atoms with van der Waals surface area (Å²) < 4.78 is -0.0420. The van der Waals surface area contributed by atoms with Crippen LogP contribution >= 0.6 is 11.8 Å². The van der Waals surface area contributed by atoms with Crippen LogP contribution in [-0.2, 0) is 4.79 Å². The summed E-state index contributed by atoms with van der Waals surface area (Å²) in [6.07, 6.45) is 8.05. The van der Waals surface area contributed by atoms with Crippen molar-refractivity contribution >= 4 is 17.5 Å². The number of carbonyl (C=O) groups is 1. The average molecular weight is 242 g/mol. The predicted molar refractivity (Wildman–Crippen MR) is 73.0 cm³/mol. The molecule has 0 N–H and O–H groups in total. The summed E-state index contributed by atoms with van der Waals surface area (Å²) >= 11 is 1.88. The molecular formula is C14H26OS. The van der Waals surface area contributed by atoms with Crippen molar-refractivity contribution < 1.29 is 4.79 Å². The number of unbranched alkanes of at least 4 members (excludes halogenated alkanes) is 1. The maximum absolute atomic E-state index is 12.3. The molecule has 2 unspecified atom stereocenters. The van der Waals surface area contributed by atoms with Crippen molar-refractivity contribution in [2.75, 3.05) is 5.75 Å². The Morgan fingerprint density at radius 1 is 1.44 bits per heavy atom. The zero-order valence-corrected chi connectivity index (χ0v) is 11.9. The van der Waals surface area contributed by atoms with Crippen LogP contribution in [0.25, 0.3) is 0 Å². The molecule has 1 aliphatic heterocycles. The number of Topliss-reactive ketones (excluding diaryl/α,β-unsaturated/α-hetero) is 1. The number of thioether (sulfide) groups is 1. The second kappa shape index (κ2) is 6.68. The summed E-state index contributed by atoms with van der Waals surface area (Å²) in [6, 6.07) is 0. The molecule has 1 heterocycles. The Morgan fingerprint density at radius 3 is 2.69 bits per heavy atom. The van der Waals surface area contributed by atoms with Gasteiger partial charge in [0.2, 0.25) is 0 Å². The highest BCUT2D eigenvalue weighted by atomic mass is 32.2. The van der Waals surface area contributed by atoms with E-state index in [0.717, 1.165) is 19.3 Å². The molecular weight excluding hydrogens is 216 g/mol. The zero-order chi connectivity index (χ0) is 12.0. The van der Waals surface area contributed by atoms with E-state index in [1.54, 1.807) is 0 Å². The van der Waals surface area contributed by atoms with Crippen molar-refractivity contribution in [1.29, 1.82) is 0 Å². The Balaban J connectivity index is 2.41. The maximum atomic E-state index is 12.3. The van der Waals surface area contributed by atoms with Gasteiger partial charge in [0.25, 0.3) is 0 Å². The molecule has 2 heteroatoms. The highest BCUT2D eigenvalue weighted by Crippen LogP contribution is 2.40. The van der Waals surface area contributed by atoms with E-state index >= 15 is 0 Å². The van der Waals surface area contributed by atoms with Gasteiger partial charge in [-0.15, -0.1) is 11.8 Å². The van der Waals surface area contributed by atoms with Crippen LogP contribution in [0.15, 0.2) is 0 Å². The molecule has 2 atom stereocenters. The van der Waals surface area contributed by atoms with Gasteiger partial charge in [0.1, 0.15) is 5.78 Å². The van der Waals surface area contributed by atoms with Crippen LogP contribution in [0.5, 0.6) is 0 Å². The largest absolute Gasteiger partial charge is 0.298 e. The van der Waals surface area contributed by atoms with Crippen LogP contribution in [0.4, 0.5) is 0 Å². The van der Waals surface area contributed by atoms with Gasteiger partial charge in [0.05, 0.1) is 4.75 Å². The zero-order valence-electron chi connectivity index (χ0n) is 11.1. The summed E-state index contributed by atoms with van der Waals surface area (Å²) in [5.41, 5.74) is 0. The highest BCUT2D eigenvalue weighted by Gasteiger charge is 2.37. The smallest absolute Gasteiger partial charge is 0.148 e. The van der Waals surface area contributed by atoms with E-state index in [0.29, 0.717) is 11.7 Å². The van der Waals surface area contributed by atoms with Gasteiger partial charge in [0.15, 0.2) is 0 Å². The van der Waals surface area contributed by atoms with Gasteiger partial charge < -0.3 is 0 Å². The lowest BCUT2D eigenvalue weighted by Crippen LogP contribution is -2.30. The molecule has 0 bridgehead atoms. The average Bonchev–Trinajstić information content (AvgIpc) is 2.72. The van der Waals surface area contributed by atoms with Crippen LogP contribution in [0, 0.1) is 5.92 Å². The number of hydrogen-bond acceptors (Lipinski definition) is 2. The van der Waals surface area contributed by atoms with E-state index in [1.165, 1.54) is 31.4 Å². The van der Waals surface area contributed by atoms with Crippen LogP contribution in [0.3, 0.4) is 0 Å². The predicted octanol–water partition coefficient (Wildman–Crippen LogP) is 4.45. The lowest BCUT2D eigenvalue weighted by molar-refractivity contribution is -0.122. The van der Waals surface area contributed by atoms with Gasteiger partial charge in [-0.25, -0.2) is 0 Å². The fourth-order valence-electron chi connectivity index (χ4n) is 2.42. The molecule has 0 aromatic rings. The molecule has 1 fully saturated rings. The SMILES string of the molecule is CCCCC(CC)CC(=O)C1(C)CCCS1. The first kappa shape index (κ1) is 14.1. The number of carbonyl (C=O) groups excluding carboxylic acids is 1. The molecule has 1 nitrogen and oxygen atoms in total. The lowest BCUT2D eigenvalue weighted by Gasteiger charge is -2.24. The van der Waals surface area contributed by atoms with Crippen LogP contribution in [0.2, 0.25) is 0 Å². The monoisotopic (exact) mass is 242 g/mol. The van der Waals surface area contributed by atoms with Gasteiger partial charge in [-0.2, -0.15) is 0 Å². The fraction of sp³-hybridized carbons (Fsp3) is 0.929. The first-order valence-electron chi connectivity index (χ1n) is 6.79. The number of rotatable bonds is 7. The fourth-order valence-corrected chi connectivity index (χ4v) is 3.69. The standard InChI is InChI=1S/C14H26OS/c1-4-6-8-12(5-2)11-13(15)14(3)9-7-10-16-14/h12H,4-11H2,1-3H3. The Morgan fingerprint density at radius 2 is 2.19 bits per heavy atom. The van der Waals surface area contributed by atoms with Crippen molar-refractivity contribution in [3.05, 3.63) is 0 Å².